The Morgan fingerprint density at radius 1 is 0.714 bits per heavy atom. The number of benzene rings is 2. The Balaban J connectivity index is 0.000000364. The van der Waals surface area contributed by atoms with E-state index in [1.807, 2.05) is 12.1 Å². The van der Waals surface area contributed by atoms with Gasteiger partial charge in [0.05, 0.1) is 0 Å². The quantitative estimate of drug-likeness (QED) is 0.601. The Kier molecular flexibility index (Phi) is 10.4. The largest absolute Gasteiger partial charge is 2.00 e. The third-order valence-electron chi connectivity index (χ3n) is 2.62. The van der Waals surface area contributed by atoms with E-state index in [0.29, 0.717) is 10.6 Å². The van der Waals surface area contributed by atoms with Crippen molar-refractivity contribution in [2.75, 3.05) is 0 Å². The van der Waals surface area contributed by atoms with Gasteiger partial charge in [0.15, 0.2) is 10.6 Å². The molecule has 2 rings (SSSR count). The van der Waals surface area contributed by atoms with Gasteiger partial charge in [-0.3, -0.25) is 0 Å². The van der Waals surface area contributed by atoms with E-state index in [0.717, 1.165) is 11.1 Å². The summed E-state index contributed by atoms with van der Waals surface area (Å²) in [6.07, 6.45) is 0. The van der Waals surface area contributed by atoms with Crippen molar-refractivity contribution in [2.24, 2.45) is 0 Å². The SMILES string of the molecule is Cc1ccccc1[P+](=O)[O-].Cc1ccccc1[P+](=O)[O-].[Ca+2]. The van der Waals surface area contributed by atoms with Crippen molar-refractivity contribution in [3.05, 3.63) is 59.7 Å². The third-order valence-corrected chi connectivity index (χ3v) is 4.41. The number of aryl methyl sites for hydroxylation is 2. The zero-order valence-corrected chi connectivity index (χ0v) is 15.9. The van der Waals surface area contributed by atoms with E-state index in [9.17, 15) is 18.9 Å². The summed E-state index contributed by atoms with van der Waals surface area (Å²) in [6, 6.07) is 13.8. The van der Waals surface area contributed by atoms with Crippen LogP contribution in [0.25, 0.3) is 0 Å². The van der Waals surface area contributed by atoms with Crippen molar-refractivity contribution in [2.45, 2.75) is 13.8 Å². The molecule has 104 valence electrons. The molecule has 4 nitrogen and oxygen atoms in total. The molecule has 0 fully saturated rings. The molecule has 7 heteroatoms. The van der Waals surface area contributed by atoms with Crippen LogP contribution in [0, 0.1) is 13.8 Å². The minimum absolute atomic E-state index is 0. The molecular weight excluding hydrogens is 334 g/mol. The van der Waals surface area contributed by atoms with Gasteiger partial charge in [-0.05, 0) is 26.0 Å². The molecule has 0 aliphatic rings. The second-order valence-corrected chi connectivity index (χ2v) is 6.08. The van der Waals surface area contributed by atoms with Gasteiger partial charge in [-0.2, -0.15) is 0 Å². The van der Waals surface area contributed by atoms with E-state index in [2.05, 4.69) is 0 Å². The first-order chi connectivity index (χ1) is 9.43. The van der Waals surface area contributed by atoms with Crippen LogP contribution in [-0.2, 0) is 9.13 Å². The zero-order valence-electron chi connectivity index (χ0n) is 11.9. The van der Waals surface area contributed by atoms with Crippen LogP contribution in [0.4, 0.5) is 0 Å². The smallest absolute Gasteiger partial charge is 0.591 e. The molecule has 0 amide bonds. The summed E-state index contributed by atoms with van der Waals surface area (Å²) >= 11 is 0. The average Bonchev–Trinajstić information content (AvgIpc) is 2.40. The maximum Gasteiger partial charge on any atom is 2.00 e. The molecular formula is C14H14CaO4P2+2. The molecule has 0 radical (unpaired) electrons. The Bertz CT molecular complexity index is 576. The molecule has 2 atom stereocenters. The minimum atomic E-state index is -2.42. The van der Waals surface area contributed by atoms with Gasteiger partial charge in [0.1, 0.15) is 0 Å². The summed E-state index contributed by atoms with van der Waals surface area (Å²) in [6.45, 7) is 3.56. The summed E-state index contributed by atoms with van der Waals surface area (Å²) in [4.78, 5) is 20.9. The van der Waals surface area contributed by atoms with Crippen LogP contribution >= 0.6 is 16.1 Å². The first-order valence-electron chi connectivity index (χ1n) is 5.83. The molecule has 2 aromatic carbocycles. The first kappa shape index (κ1) is 20.8. The number of hydrogen-bond acceptors (Lipinski definition) is 4. The third kappa shape index (κ3) is 7.08. The van der Waals surface area contributed by atoms with Crippen molar-refractivity contribution in [1.82, 2.24) is 0 Å². The Morgan fingerprint density at radius 2 is 1.00 bits per heavy atom. The summed E-state index contributed by atoms with van der Waals surface area (Å²) in [5, 5.41) is 0.829. The molecule has 0 bridgehead atoms. The van der Waals surface area contributed by atoms with E-state index in [-0.39, 0.29) is 37.7 Å². The first-order valence-corrected chi connectivity index (χ1v) is 8.19. The van der Waals surface area contributed by atoms with E-state index in [1.54, 1.807) is 50.2 Å². The zero-order chi connectivity index (χ0) is 15.1. The fraction of sp³-hybridized carbons (Fsp3) is 0.143. The molecule has 0 saturated carbocycles. The molecule has 0 aromatic heterocycles. The van der Waals surface area contributed by atoms with Crippen molar-refractivity contribution in [3.8, 4) is 0 Å². The van der Waals surface area contributed by atoms with Gasteiger partial charge < -0.3 is 9.79 Å². The monoisotopic (exact) mass is 348 g/mol. The van der Waals surface area contributed by atoms with E-state index < -0.39 is 16.1 Å². The van der Waals surface area contributed by atoms with Gasteiger partial charge in [0.2, 0.25) is 0 Å². The molecule has 0 heterocycles. The van der Waals surface area contributed by atoms with Crippen LogP contribution in [-0.4, -0.2) is 37.7 Å². The summed E-state index contributed by atoms with van der Waals surface area (Å²) in [7, 11) is -4.83. The van der Waals surface area contributed by atoms with E-state index >= 15 is 0 Å². The second kappa shape index (κ2) is 10.5. The molecule has 2 unspecified atom stereocenters. The van der Waals surface area contributed by atoms with Crippen LogP contribution < -0.4 is 20.4 Å². The van der Waals surface area contributed by atoms with Crippen molar-refractivity contribution in [3.63, 3.8) is 0 Å². The summed E-state index contributed by atoms with van der Waals surface area (Å²) in [5.74, 6) is 0. The number of hydrogen-bond donors (Lipinski definition) is 0. The van der Waals surface area contributed by atoms with Crippen molar-refractivity contribution >= 4 is 64.4 Å². The molecule has 21 heavy (non-hydrogen) atoms. The maximum atomic E-state index is 10.5. The van der Waals surface area contributed by atoms with Gasteiger partial charge in [0, 0.05) is 11.1 Å². The Labute approximate surface area is 156 Å². The van der Waals surface area contributed by atoms with Crippen LogP contribution in [0.5, 0.6) is 0 Å². The minimum Gasteiger partial charge on any atom is -0.591 e. The second-order valence-electron chi connectivity index (χ2n) is 4.09. The van der Waals surface area contributed by atoms with Gasteiger partial charge >= 0.3 is 53.8 Å². The molecule has 0 aliphatic heterocycles. The normalized spacial score (nSPS) is 10.7. The van der Waals surface area contributed by atoms with Crippen LogP contribution in [0.2, 0.25) is 0 Å². The predicted octanol–water partition coefficient (Wildman–Crippen LogP) is 1.07. The van der Waals surface area contributed by atoms with Gasteiger partial charge in [-0.15, -0.1) is 0 Å². The van der Waals surface area contributed by atoms with Crippen LogP contribution in [0.3, 0.4) is 0 Å². The van der Waals surface area contributed by atoms with Crippen molar-refractivity contribution < 1.29 is 18.9 Å². The summed E-state index contributed by atoms with van der Waals surface area (Å²) < 4.78 is 20.9. The molecule has 2 aromatic rings. The molecule has 0 N–H and O–H groups in total. The standard InChI is InChI=1S/2C7H7O2P.Ca/c2*1-6-4-2-3-5-7(6)10(8)9;/h2*2-5H,1H3;/q;;+2. The Morgan fingerprint density at radius 3 is 1.19 bits per heavy atom. The molecule has 0 saturated heterocycles. The number of rotatable bonds is 2. The topological polar surface area (TPSA) is 80.3 Å². The average molecular weight is 348 g/mol. The van der Waals surface area contributed by atoms with E-state index in [1.165, 1.54) is 0 Å². The van der Waals surface area contributed by atoms with Gasteiger partial charge in [0.25, 0.3) is 0 Å². The molecule has 0 aliphatic carbocycles. The molecule has 0 spiro atoms. The van der Waals surface area contributed by atoms with Gasteiger partial charge in [-0.1, -0.05) is 45.5 Å². The summed E-state index contributed by atoms with van der Waals surface area (Å²) in [5.41, 5.74) is 1.61. The van der Waals surface area contributed by atoms with E-state index in [4.69, 9.17) is 0 Å². The van der Waals surface area contributed by atoms with Crippen molar-refractivity contribution in [1.29, 1.82) is 0 Å². The maximum absolute atomic E-state index is 10.5. The van der Waals surface area contributed by atoms with Crippen LogP contribution in [0.15, 0.2) is 48.5 Å². The Hall–Kier alpha value is -0.180. The fourth-order valence-corrected chi connectivity index (χ4v) is 2.68. The predicted molar refractivity (Wildman–Crippen MR) is 82.6 cm³/mol. The fourth-order valence-electron chi connectivity index (χ4n) is 1.54. The van der Waals surface area contributed by atoms with Crippen LogP contribution in [0.1, 0.15) is 11.1 Å². The van der Waals surface area contributed by atoms with Gasteiger partial charge in [-0.25, -0.2) is 0 Å².